The first-order chi connectivity index (χ1) is 7.63. The zero-order valence-electron chi connectivity index (χ0n) is 9.37. The summed E-state index contributed by atoms with van der Waals surface area (Å²) in [5.41, 5.74) is 0. The van der Waals surface area contributed by atoms with Gasteiger partial charge in [0.05, 0.1) is 5.92 Å². The van der Waals surface area contributed by atoms with Crippen LogP contribution in [-0.4, -0.2) is 42.4 Å². The number of amides is 1. The third-order valence-corrected chi connectivity index (χ3v) is 2.03. The SMILES string of the molecule is CC(NC(=O)COCC(F)(F)F)C(C)C(=O)O. The average Bonchev–Trinajstić information content (AvgIpc) is 2.13. The Kier molecular flexibility index (Phi) is 5.94. The molecule has 0 heterocycles. The van der Waals surface area contributed by atoms with Gasteiger partial charge >= 0.3 is 12.1 Å². The van der Waals surface area contributed by atoms with Crippen molar-refractivity contribution in [3.8, 4) is 0 Å². The molecule has 2 N–H and O–H groups in total. The molecule has 2 unspecified atom stereocenters. The molecular weight excluding hydrogens is 243 g/mol. The monoisotopic (exact) mass is 257 g/mol. The first kappa shape index (κ1) is 15.7. The van der Waals surface area contributed by atoms with Crippen LogP contribution in [0.4, 0.5) is 13.2 Å². The van der Waals surface area contributed by atoms with Crippen molar-refractivity contribution >= 4 is 11.9 Å². The van der Waals surface area contributed by atoms with Gasteiger partial charge in [0.2, 0.25) is 5.91 Å². The van der Waals surface area contributed by atoms with Crippen LogP contribution in [0.15, 0.2) is 0 Å². The van der Waals surface area contributed by atoms with E-state index in [9.17, 15) is 22.8 Å². The highest BCUT2D eigenvalue weighted by Crippen LogP contribution is 2.14. The fourth-order valence-electron chi connectivity index (χ4n) is 0.894. The number of ether oxygens (including phenoxy) is 1. The van der Waals surface area contributed by atoms with Gasteiger partial charge in [0.25, 0.3) is 0 Å². The van der Waals surface area contributed by atoms with Crippen molar-refractivity contribution in [3.63, 3.8) is 0 Å². The molecule has 0 aromatic rings. The highest BCUT2D eigenvalue weighted by Gasteiger charge is 2.28. The molecule has 1 amide bonds. The van der Waals surface area contributed by atoms with Gasteiger partial charge in [0, 0.05) is 6.04 Å². The van der Waals surface area contributed by atoms with Gasteiger partial charge in [-0.15, -0.1) is 0 Å². The third-order valence-electron chi connectivity index (χ3n) is 2.03. The van der Waals surface area contributed by atoms with E-state index in [1.54, 1.807) is 0 Å². The molecule has 0 aromatic carbocycles. The Morgan fingerprint density at radius 3 is 2.29 bits per heavy atom. The number of carboxylic acid groups (broad SMARTS) is 1. The molecule has 0 radical (unpaired) electrons. The summed E-state index contributed by atoms with van der Waals surface area (Å²) in [6.45, 7) is 0.559. The number of aliphatic carboxylic acids is 1. The lowest BCUT2D eigenvalue weighted by Gasteiger charge is -2.17. The fourth-order valence-corrected chi connectivity index (χ4v) is 0.894. The quantitative estimate of drug-likeness (QED) is 0.737. The van der Waals surface area contributed by atoms with Crippen molar-refractivity contribution < 1.29 is 32.6 Å². The van der Waals surface area contributed by atoms with Crippen LogP contribution in [0.2, 0.25) is 0 Å². The smallest absolute Gasteiger partial charge is 0.411 e. The fraction of sp³-hybridized carbons (Fsp3) is 0.778. The first-order valence-corrected chi connectivity index (χ1v) is 4.80. The Morgan fingerprint density at radius 1 is 1.35 bits per heavy atom. The van der Waals surface area contributed by atoms with Gasteiger partial charge in [-0.3, -0.25) is 9.59 Å². The minimum atomic E-state index is -4.49. The molecule has 0 saturated carbocycles. The summed E-state index contributed by atoms with van der Waals surface area (Å²) in [6, 6.07) is -0.686. The molecule has 2 atom stereocenters. The van der Waals surface area contributed by atoms with E-state index in [0.717, 1.165) is 0 Å². The molecule has 8 heteroatoms. The number of hydrogen-bond donors (Lipinski definition) is 2. The second kappa shape index (κ2) is 6.43. The van der Waals surface area contributed by atoms with Crippen LogP contribution in [0.3, 0.4) is 0 Å². The first-order valence-electron chi connectivity index (χ1n) is 4.80. The normalized spacial score (nSPS) is 15.1. The van der Waals surface area contributed by atoms with Crippen LogP contribution in [0, 0.1) is 5.92 Å². The Morgan fingerprint density at radius 2 is 1.88 bits per heavy atom. The largest absolute Gasteiger partial charge is 0.481 e. The van der Waals surface area contributed by atoms with Gasteiger partial charge in [-0.25, -0.2) is 0 Å². The predicted molar refractivity (Wildman–Crippen MR) is 51.3 cm³/mol. The maximum absolute atomic E-state index is 11.7. The zero-order chi connectivity index (χ0) is 13.6. The highest BCUT2D eigenvalue weighted by molar-refractivity contribution is 5.78. The van der Waals surface area contributed by atoms with Crippen molar-refractivity contribution in [3.05, 3.63) is 0 Å². The maximum atomic E-state index is 11.7. The van der Waals surface area contributed by atoms with E-state index in [1.165, 1.54) is 13.8 Å². The number of alkyl halides is 3. The molecule has 0 aliphatic carbocycles. The van der Waals surface area contributed by atoms with Gasteiger partial charge in [-0.2, -0.15) is 13.2 Å². The van der Waals surface area contributed by atoms with E-state index in [4.69, 9.17) is 5.11 Å². The Labute approximate surface area is 95.9 Å². The molecule has 0 aliphatic rings. The second-order valence-corrected chi connectivity index (χ2v) is 3.59. The van der Waals surface area contributed by atoms with Gasteiger partial charge in [-0.1, -0.05) is 0 Å². The predicted octanol–water partition coefficient (Wildman–Crippen LogP) is 0.791. The van der Waals surface area contributed by atoms with Gasteiger partial charge in [0.15, 0.2) is 0 Å². The lowest BCUT2D eigenvalue weighted by molar-refractivity contribution is -0.175. The Balaban J connectivity index is 3.91. The summed E-state index contributed by atoms with van der Waals surface area (Å²) in [4.78, 5) is 21.6. The number of carbonyl (C=O) groups excluding carboxylic acids is 1. The lowest BCUT2D eigenvalue weighted by Crippen LogP contribution is -2.42. The summed E-state index contributed by atoms with van der Waals surface area (Å²) in [5, 5.41) is 10.9. The van der Waals surface area contributed by atoms with Crippen molar-refractivity contribution in [1.29, 1.82) is 0 Å². The van der Waals surface area contributed by atoms with Crippen molar-refractivity contribution in [2.24, 2.45) is 5.92 Å². The van der Waals surface area contributed by atoms with Crippen LogP contribution in [0.5, 0.6) is 0 Å². The standard InChI is InChI=1S/C9H14F3NO4/c1-5(8(15)16)6(2)13-7(14)3-17-4-9(10,11)12/h5-6H,3-4H2,1-2H3,(H,13,14)(H,15,16). The topological polar surface area (TPSA) is 75.6 Å². The Bertz CT molecular complexity index is 280. The van der Waals surface area contributed by atoms with Crippen LogP contribution >= 0.6 is 0 Å². The zero-order valence-corrected chi connectivity index (χ0v) is 9.37. The number of carbonyl (C=O) groups is 2. The van der Waals surface area contributed by atoms with Gasteiger partial charge < -0.3 is 15.2 Å². The third kappa shape index (κ3) is 7.56. The molecule has 0 fully saturated rings. The number of hydrogen-bond acceptors (Lipinski definition) is 3. The number of carboxylic acids is 1. The van der Waals surface area contributed by atoms with Crippen LogP contribution in [0.25, 0.3) is 0 Å². The van der Waals surface area contributed by atoms with Gasteiger partial charge in [0.1, 0.15) is 13.2 Å². The molecule has 5 nitrogen and oxygen atoms in total. The molecule has 100 valence electrons. The molecule has 0 bridgehead atoms. The summed E-state index contributed by atoms with van der Waals surface area (Å²) in [5.74, 6) is -2.72. The number of nitrogens with one attached hydrogen (secondary N) is 1. The molecular formula is C9H14F3NO4. The molecule has 0 aliphatic heterocycles. The van der Waals surface area contributed by atoms with E-state index < -0.39 is 43.2 Å². The highest BCUT2D eigenvalue weighted by atomic mass is 19.4. The molecule has 0 aromatic heterocycles. The van der Waals surface area contributed by atoms with E-state index >= 15 is 0 Å². The van der Waals surface area contributed by atoms with Crippen molar-refractivity contribution in [2.45, 2.75) is 26.1 Å². The second-order valence-electron chi connectivity index (χ2n) is 3.59. The average molecular weight is 257 g/mol. The summed E-state index contributed by atoms with van der Waals surface area (Å²) in [7, 11) is 0. The molecule has 17 heavy (non-hydrogen) atoms. The Hall–Kier alpha value is -1.31. The van der Waals surface area contributed by atoms with E-state index in [-0.39, 0.29) is 0 Å². The van der Waals surface area contributed by atoms with Gasteiger partial charge in [-0.05, 0) is 13.8 Å². The van der Waals surface area contributed by atoms with Crippen LogP contribution in [-0.2, 0) is 14.3 Å². The van der Waals surface area contributed by atoms with E-state index in [1.807, 2.05) is 0 Å². The summed E-state index contributed by atoms with van der Waals surface area (Å²) >= 11 is 0. The lowest BCUT2D eigenvalue weighted by atomic mass is 10.0. The van der Waals surface area contributed by atoms with Crippen molar-refractivity contribution in [1.82, 2.24) is 5.32 Å². The van der Waals surface area contributed by atoms with E-state index in [2.05, 4.69) is 10.1 Å². The summed E-state index contributed by atoms with van der Waals surface area (Å²) < 4.78 is 39.1. The number of rotatable bonds is 6. The van der Waals surface area contributed by atoms with Crippen LogP contribution in [0.1, 0.15) is 13.8 Å². The maximum Gasteiger partial charge on any atom is 0.411 e. The van der Waals surface area contributed by atoms with Crippen LogP contribution < -0.4 is 5.32 Å². The van der Waals surface area contributed by atoms with Crippen molar-refractivity contribution in [2.75, 3.05) is 13.2 Å². The molecule has 0 saturated heterocycles. The number of halogens is 3. The minimum Gasteiger partial charge on any atom is -0.481 e. The molecule has 0 spiro atoms. The minimum absolute atomic E-state index is 0.686. The van der Waals surface area contributed by atoms with E-state index in [0.29, 0.717) is 0 Å². The molecule has 0 rings (SSSR count). The summed E-state index contributed by atoms with van der Waals surface area (Å²) in [6.07, 6.45) is -4.49.